The molecule has 100 valence electrons. The fraction of sp³-hybridized carbons (Fsp3) is 0.455. The smallest absolute Gasteiger partial charge is 0.417 e. The molecule has 0 aromatic carbocycles. The van der Waals surface area contributed by atoms with E-state index in [1.807, 2.05) is 0 Å². The molecule has 0 saturated heterocycles. The molecule has 0 amide bonds. The van der Waals surface area contributed by atoms with E-state index in [0.29, 0.717) is 6.20 Å². The number of esters is 1. The topological polar surface area (TPSA) is 39.2 Å². The number of hydrogen-bond donors (Lipinski definition) is 0. The van der Waals surface area contributed by atoms with Gasteiger partial charge in [0, 0.05) is 6.20 Å². The SMILES string of the molecule is CC(C)(C)OC(=O)c1ncc(C(F)(F)F)cc1F. The van der Waals surface area contributed by atoms with Gasteiger partial charge < -0.3 is 4.74 Å². The number of aromatic nitrogens is 1. The molecule has 18 heavy (non-hydrogen) atoms. The second kappa shape index (κ2) is 4.55. The molecule has 0 aliphatic rings. The van der Waals surface area contributed by atoms with E-state index in [1.165, 1.54) is 0 Å². The van der Waals surface area contributed by atoms with E-state index < -0.39 is 34.8 Å². The number of pyridine rings is 1. The lowest BCUT2D eigenvalue weighted by Crippen LogP contribution is -2.25. The zero-order chi connectivity index (χ0) is 14.1. The Hall–Kier alpha value is -1.66. The first-order chi connectivity index (χ1) is 8.00. The van der Waals surface area contributed by atoms with Gasteiger partial charge in [0.05, 0.1) is 5.56 Å². The predicted molar refractivity (Wildman–Crippen MR) is 54.4 cm³/mol. The van der Waals surface area contributed by atoms with Gasteiger partial charge in [0.25, 0.3) is 0 Å². The lowest BCUT2D eigenvalue weighted by molar-refractivity contribution is -0.138. The van der Waals surface area contributed by atoms with Gasteiger partial charge in [-0.2, -0.15) is 13.2 Å². The molecule has 0 radical (unpaired) electrons. The van der Waals surface area contributed by atoms with Crippen molar-refractivity contribution in [3.63, 3.8) is 0 Å². The number of halogens is 4. The van der Waals surface area contributed by atoms with Gasteiger partial charge in [-0.1, -0.05) is 0 Å². The number of carbonyl (C=O) groups excluding carboxylic acids is 1. The van der Waals surface area contributed by atoms with E-state index in [1.54, 1.807) is 20.8 Å². The summed E-state index contributed by atoms with van der Waals surface area (Å²) in [6, 6.07) is 0.215. The molecule has 0 fully saturated rings. The van der Waals surface area contributed by atoms with Gasteiger partial charge in [-0.3, -0.25) is 0 Å². The number of hydrogen-bond acceptors (Lipinski definition) is 3. The first-order valence-corrected chi connectivity index (χ1v) is 4.97. The monoisotopic (exact) mass is 265 g/mol. The van der Waals surface area contributed by atoms with E-state index in [2.05, 4.69) is 4.98 Å². The summed E-state index contributed by atoms with van der Waals surface area (Å²) in [4.78, 5) is 14.6. The predicted octanol–water partition coefficient (Wildman–Crippen LogP) is 3.19. The van der Waals surface area contributed by atoms with Crippen LogP contribution in [0.4, 0.5) is 17.6 Å². The summed E-state index contributed by atoms with van der Waals surface area (Å²) in [5.74, 6) is -2.47. The maximum Gasteiger partial charge on any atom is 0.417 e. The van der Waals surface area contributed by atoms with Gasteiger partial charge in [-0.15, -0.1) is 0 Å². The molecule has 0 bridgehead atoms. The minimum atomic E-state index is -4.71. The third-order valence-electron chi connectivity index (χ3n) is 1.76. The maximum atomic E-state index is 13.3. The van der Waals surface area contributed by atoms with E-state index >= 15 is 0 Å². The van der Waals surface area contributed by atoms with E-state index in [0.717, 1.165) is 0 Å². The van der Waals surface area contributed by atoms with Crippen LogP contribution < -0.4 is 0 Å². The highest BCUT2D eigenvalue weighted by Crippen LogP contribution is 2.29. The average Bonchev–Trinajstić information content (AvgIpc) is 2.12. The zero-order valence-electron chi connectivity index (χ0n) is 9.93. The number of carbonyl (C=O) groups is 1. The molecule has 0 atom stereocenters. The number of ether oxygens (including phenoxy) is 1. The quantitative estimate of drug-likeness (QED) is 0.578. The molecular weight excluding hydrogens is 254 g/mol. The summed E-state index contributed by atoms with van der Waals surface area (Å²) >= 11 is 0. The van der Waals surface area contributed by atoms with Crippen LogP contribution in [-0.4, -0.2) is 16.6 Å². The number of nitrogens with zero attached hydrogens (tertiary/aromatic N) is 1. The van der Waals surface area contributed by atoms with Gasteiger partial charge in [0.1, 0.15) is 5.60 Å². The van der Waals surface area contributed by atoms with Crippen LogP contribution in [0.2, 0.25) is 0 Å². The van der Waals surface area contributed by atoms with Crippen LogP contribution in [0.15, 0.2) is 12.3 Å². The zero-order valence-corrected chi connectivity index (χ0v) is 9.93. The van der Waals surface area contributed by atoms with Crippen molar-refractivity contribution in [2.45, 2.75) is 32.5 Å². The molecule has 0 unspecified atom stereocenters. The third kappa shape index (κ3) is 3.68. The fourth-order valence-electron chi connectivity index (χ4n) is 1.07. The average molecular weight is 265 g/mol. The lowest BCUT2D eigenvalue weighted by Gasteiger charge is -2.19. The van der Waals surface area contributed by atoms with Crippen LogP contribution in [0, 0.1) is 5.82 Å². The molecular formula is C11H11F4NO2. The Kier molecular flexibility index (Phi) is 3.64. The summed E-state index contributed by atoms with van der Waals surface area (Å²) in [5, 5.41) is 0. The van der Waals surface area contributed by atoms with Crippen LogP contribution in [0.1, 0.15) is 36.8 Å². The molecule has 0 aliphatic heterocycles. The van der Waals surface area contributed by atoms with Crippen molar-refractivity contribution in [1.82, 2.24) is 4.98 Å². The minimum absolute atomic E-state index is 0.215. The highest BCUT2D eigenvalue weighted by Gasteiger charge is 2.33. The second-order valence-electron chi connectivity index (χ2n) is 4.55. The van der Waals surface area contributed by atoms with Gasteiger partial charge >= 0.3 is 12.1 Å². The van der Waals surface area contributed by atoms with E-state index in [4.69, 9.17) is 4.74 Å². The minimum Gasteiger partial charge on any atom is -0.455 e. The van der Waals surface area contributed by atoms with Crippen molar-refractivity contribution in [2.24, 2.45) is 0 Å². The lowest BCUT2D eigenvalue weighted by atomic mass is 10.2. The normalized spacial score (nSPS) is 12.4. The Morgan fingerprint density at radius 2 is 1.83 bits per heavy atom. The molecule has 1 rings (SSSR count). The van der Waals surface area contributed by atoms with E-state index in [9.17, 15) is 22.4 Å². The van der Waals surface area contributed by atoms with Crippen molar-refractivity contribution < 1.29 is 27.1 Å². The molecule has 3 nitrogen and oxygen atoms in total. The highest BCUT2D eigenvalue weighted by molar-refractivity contribution is 5.87. The summed E-state index contributed by atoms with van der Waals surface area (Å²) in [7, 11) is 0. The van der Waals surface area contributed by atoms with Crippen molar-refractivity contribution in [2.75, 3.05) is 0 Å². The molecule has 1 aromatic rings. The van der Waals surface area contributed by atoms with Gasteiger partial charge in [-0.25, -0.2) is 14.2 Å². The van der Waals surface area contributed by atoms with Crippen LogP contribution in [0.3, 0.4) is 0 Å². The van der Waals surface area contributed by atoms with Gasteiger partial charge in [0.2, 0.25) is 0 Å². The van der Waals surface area contributed by atoms with E-state index in [-0.39, 0.29) is 6.07 Å². The number of rotatable bonds is 1. The van der Waals surface area contributed by atoms with Crippen LogP contribution in [-0.2, 0) is 10.9 Å². The molecule has 7 heteroatoms. The summed E-state index contributed by atoms with van der Waals surface area (Å²) < 4.78 is 54.9. The standard InChI is InChI=1S/C11H11F4NO2/c1-10(2,3)18-9(17)8-7(12)4-6(5-16-8)11(13,14)15/h4-5H,1-3H3. The molecule has 0 N–H and O–H groups in total. The summed E-state index contributed by atoms with van der Waals surface area (Å²) in [6.07, 6.45) is -4.32. The Labute approximate surface area is 101 Å². The Morgan fingerprint density at radius 3 is 2.22 bits per heavy atom. The molecule has 0 saturated carbocycles. The molecule has 0 spiro atoms. The first-order valence-electron chi connectivity index (χ1n) is 4.97. The van der Waals surface area contributed by atoms with Gasteiger partial charge in [-0.05, 0) is 26.8 Å². The third-order valence-corrected chi connectivity index (χ3v) is 1.76. The summed E-state index contributed by atoms with van der Waals surface area (Å²) in [5.41, 5.74) is -2.90. The maximum absolute atomic E-state index is 13.3. The van der Waals surface area contributed by atoms with Crippen molar-refractivity contribution >= 4 is 5.97 Å². The highest BCUT2D eigenvalue weighted by atomic mass is 19.4. The van der Waals surface area contributed by atoms with Crippen molar-refractivity contribution in [3.05, 3.63) is 29.3 Å². The van der Waals surface area contributed by atoms with Crippen molar-refractivity contribution in [1.29, 1.82) is 0 Å². The van der Waals surface area contributed by atoms with Gasteiger partial charge in [0.15, 0.2) is 11.5 Å². The molecule has 1 aromatic heterocycles. The Balaban J connectivity index is 3.03. The molecule has 1 heterocycles. The Bertz CT molecular complexity index is 463. The Morgan fingerprint density at radius 1 is 1.28 bits per heavy atom. The van der Waals surface area contributed by atoms with Crippen LogP contribution >= 0.6 is 0 Å². The second-order valence-corrected chi connectivity index (χ2v) is 4.55. The molecule has 0 aliphatic carbocycles. The van der Waals surface area contributed by atoms with Crippen LogP contribution in [0.5, 0.6) is 0 Å². The first kappa shape index (κ1) is 14.4. The van der Waals surface area contributed by atoms with Crippen LogP contribution in [0.25, 0.3) is 0 Å². The summed E-state index contributed by atoms with van der Waals surface area (Å²) in [6.45, 7) is 4.65. The number of alkyl halides is 3. The largest absolute Gasteiger partial charge is 0.455 e. The fourth-order valence-corrected chi connectivity index (χ4v) is 1.07. The van der Waals surface area contributed by atoms with Crippen molar-refractivity contribution in [3.8, 4) is 0 Å².